The van der Waals surface area contributed by atoms with Crippen LogP contribution >= 0.6 is 0 Å². The molecule has 0 amide bonds. The second kappa shape index (κ2) is 9.43. The molecule has 0 aliphatic heterocycles. The smallest absolute Gasteiger partial charge is 0.235 e. The van der Waals surface area contributed by atoms with Gasteiger partial charge in [0.2, 0.25) is 5.95 Å². The van der Waals surface area contributed by atoms with Crippen molar-refractivity contribution in [1.82, 2.24) is 18.9 Å². The summed E-state index contributed by atoms with van der Waals surface area (Å²) in [6, 6.07) is 56.8. The summed E-state index contributed by atoms with van der Waals surface area (Å²) in [6.45, 7) is 0. The van der Waals surface area contributed by atoms with Crippen LogP contribution in [-0.2, 0) is 0 Å². The summed E-state index contributed by atoms with van der Waals surface area (Å²) >= 11 is 0. The maximum absolute atomic E-state index is 5.45. The number of hydrogen-bond donors (Lipinski definition) is 0. The van der Waals surface area contributed by atoms with E-state index >= 15 is 0 Å². The zero-order valence-corrected chi connectivity index (χ0v) is 26.8. The van der Waals surface area contributed by atoms with Gasteiger partial charge < -0.3 is 4.40 Å². The van der Waals surface area contributed by atoms with E-state index in [1.807, 2.05) is 0 Å². The Bertz CT molecular complexity index is 3380. The van der Waals surface area contributed by atoms with E-state index in [1.165, 1.54) is 70.4 Å². The zero-order chi connectivity index (χ0) is 32.5. The number of aromatic nitrogens is 4. The Hall–Kier alpha value is -6.78. The van der Waals surface area contributed by atoms with E-state index in [0.717, 1.165) is 33.2 Å². The van der Waals surface area contributed by atoms with Crippen molar-refractivity contribution in [3.8, 4) is 17.2 Å². The lowest BCUT2D eigenvalue weighted by atomic mass is 10.00. The highest BCUT2D eigenvalue weighted by atomic mass is 15.2. The van der Waals surface area contributed by atoms with Crippen LogP contribution in [0.25, 0.3) is 110 Å². The Morgan fingerprint density at radius 1 is 0.380 bits per heavy atom. The van der Waals surface area contributed by atoms with Gasteiger partial charge in [-0.2, -0.15) is 0 Å². The van der Waals surface area contributed by atoms with Gasteiger partial charge >= 0.3 is 0 Å². The van der Waals surface area contributed by atoms with Gasteiger partial charge in [-0.3, -0.25) is 4.57 Å². The molecular formula is C46H26N4. The van der Waals surface area contributed by atoms with E-state index in [9.17, 15) is 0 Å². The van der Waals surface area contributed by atoms with Gasteiger partial charge in [0.1, 0.15) is 0 Å². The van der Waals surface area contributed by atoms with Crippen molar-refractivity contribution < 1.29 is 0 Å². The minimum Gasteiger partial charge on any atom is -0.307 e. The molecule has 0 unspecified atom stereocenters. The first-order valence-electron chi connectivity index (χ1n) is 17.1. The molecule has 4 heterocycles. The van der Waals surface area contributed by atoms with Gasteiger partial charge in [0, 0.05) is 48.7 Å². The van der Waals surface area contributed by atoms with Crippen molar-refractivity contribution in [2.24, 2.45) is 0 Å². The molecule has 0 aliphatic carbocycles. The predicted molar refractivity (Wildman–Crippen MR) is 209 cm³/mol. The fourth-order valence-electron chi connectivity index (χ4n) is 8.70. The van der Waals surface area contributed by atoms with Gasteiger partial charge in [0.15, 0.2) is 0 Å². The molecule has 12 aromatic rings. The molecule has 4 nitrogen and oxygen atoms in total. The lowest BCUT2D eigenvalue weighted by molar-refractivity contribution is 1.01. The van der Waals surface area contributed by atoms with E-state index in [2.05, 4.69) is 167 Å². The highest BCUT2D eigenvalue weighted by Gasteiger charge is 2.26. The van der Waals surface area contributed by atoms with Gasteiger partial charge in [-0.1, -0.05) is 127 Å². The number of para-hydroxylation sites is 3. The van der Waals surface area contributed by atoms with Crippen molar-refractivity contribution in [3.05, 3.63) is 158 Å². The van der Waals surface area contributed by atoms with E-state index in [0.29, 0.717) is 5.95 Å². The average Bonchev–Trinajstić information content (AvgIpc) is 3.82. The maximum atomic E-state index is 5.45. The van der Waals surface area contributed by atoms with Crippen LogP contribution in [0.1, 0.15) is 0 Å². The molecule has 0 fully saturated rings. The highest BCUT2D eigenvalue weighted by molar-refractivity contribution is 6.37. The highest BCUT2D eigenvalue weighted by Crippen LogP contribution is 2.47. The first-order valence-corrected chi connectivity index (χ1v) is 17.1. The van der Waals surface area contributed by atoms with Crippen LogP contribution in [0.3, 0.4) is 0 Å². The summed E-state index contributed by atoms with van der Waals surface area (Å²) in [6.07, 6.45) is 0. The zero-order valence-electron chi connectivity index (χ0n) is 26.8. The Kier molecular flexibility index (Phi) is 4.94. The third-order valence-electron chi connectivity index (χ3n) is 10.8. The van der Waals surface area contributed by atoms with Crippen molar-refractivity contribution >= 4 is 92.3 Å². The van der Waals surface area contributed by atoms with Gasteiger partial charge in [0.05, 0.1) is 38.8 Å². The molecule has 230 valence electrons. The van der Waals surface area contributed by atoms with Crippen LogP contribution in [0.5, 0.6) is 0 Å². The van der Waals surface area contributed by atoms with Gasteiger partial charge in [-0.05, 0) is 46.5 Å². The van der Waals surface area contributed by atoms with Gasteiger partial charge in [-0.25, -0.2) is 9.97 Å². The largest absolute Gasteiger partial charge is 0.307 e. The minimum absolute atomic E-state index is 0.671. The second-order valence-electron chi connectivity index (χ2n) is 13.4. The Balaban J connectivity index is 1.28. The fourth-order valence-corrected chi connectivity index (χ4v) is 8.70. The Labute approximate surface area is 285 Å². The summed E-state index contributed by atoms with van der Waals surface area (Å²) < 4.78 is 4.80. The minimum atomic E-state index is 0.671. The lowest BCUT2D eigenvalue weighted by Crippen LogP contribution is -2.03. The summed E-state index contributed by atoms with van der Waals surface area (Å²) in [5, 5.41) is 13.4. The molecule has 0 spiro atoms. The molecule has 0 N–H and O–H groups in total. The lowest BCUT2D eigenvalue weighted by Gasteiger charge is -2.12. The summed E-state index contributed by atoms with van der Waals surface area (Å²) in [7, 11) is 0. The van der Waals surface area contributed by atoms with Gasteiger partial charge in [0.25, 0.3) is 0 Å². The molecule has 0 radical (unpaired) electrons. The Morgan fingerprint density at radius 3 is 1.94 bits per heavy atom. The molecule has 0 atom stereocenters. The third kappa shape index (κ3) is 3.30. The molecule has 0 saturated carbocycles. The summed E-state index contributed by atoms with van der Waals surface area (Å²) in [5.41, 5.74) is 8.89. The normalized spacial score (nSPS) is 12.4. The summed E-state index contributed by atoms with van der Waals surface area (Å²) in [4.78, 5) is 10.7. The molecule has 4 aromatic heterocycles. The van der Waals surface area contributed by atoms with Crippen LogP contribution in [-0.4, -0.2) is 18.9 Å². The third-order valence-corrected chi connectivity index (χ3v) is 10.8. The Morgan fingerprint density at radius 2 is 1.06 bits per heavy atom. The van der Waals surface area contributed by atoms with Crippen molar-refractivity contribution in [2.45, 2.75) is 0 Å². The molecular weight excluding hydrogens is 609 g/mol. The second-order valence-corrected chi connectivity index (χ2v) is 13.4. The van der Waals surface area contributed by atoms with Crippen molar-refractivity contribution in [1.29, 1.82) is 0 Å². The molecule has 0 bridgehead atoms. The molecule has 12 rings (SSSR count). The van der Waals surface area contributed by atoms with Crippen LogP contribution in [0.15, 0.2) is 158 Å². The first-order chi connectivity index (χ1) is 24.8. The molecule has 8 aromatic carbocycles. The van der Waals surface area contributed by atoms with Crippen LogP contribution in [0.2, 0.25) is 0 Å². The van der Waals surface area contributed by atoms with E-state index in [-0.39, 0.29) is 0 Å². The first kappa shape index (κ1) is 26.2. The van der Waals surface area contributed by atoms with Crippen molar-refractivity contribution in [3.63, 3.8) is 0 Å². The van der Waals surface area contributed by atoms with Crippen LogP contribution in [0.4, 0.5) is 0 Å². The number of fused-ring (bicyclic) bond motifs is 14. The van der Waals surface area contributed by atoms with Crippen molar-refractivity contribution in [2.75, 3.05) is 0 Å². The van der Waals surface area contributed by atoms with Crippen LogP contribution < -0.4 is 0 Å². The SMILES string of the molecule is c1ccc2cc(-c3nc(-n4c5ccccc5c5c6c7ccc8ccccc8c7n7c8ccccc8c(cc54)c67)nc4ccccc34)ccc2c1. The number of rotatable bonds is 2. The standard InChI is InChI=1S/C46H26N4/c1-2-13-29-25-30(22-21-27(29)11-1)43-33-16-5-8-18-37(33)47-46(48-43)49-39-20-10-7-17-34(39)41-40(49)26-36-32-15-6-9-19-38(32)50-44-31-14-4-3-12-28(31)23-24-35(44)42(41)45(36)50/h1-26H. The van der Waals surface area contributed by atoms with E-state index in [4.69, 9.17) is 9.97 Å². The van der Waals surface area contributed by atoms with Gasteiger partial charge in [-0.15, -0.1) is 0 Å². The number of benzene rings is 8. The topological polar surface area (TPSA) is 35.1 Å². The quantitative estimate of drug-likeness (QED) is 0.190. The molecule has 0 aliphatic rings. The average molecular weight is 635 g/mol. The maximum Gasteiger partial charge on any atom is 0.235 e. The molecule has 0 saturated heterocycles. The van der Waals surface area contributed by atoms with Crippen LogP contribution in [0, 0.1) is 0 Å². The number of nitrogens with zero attached hydrogens (tertiary/aromatic N) is 4. The van der Waals surface area contributed by atoms with E-state index < -0.39 is 0 Å². The fraction of sp³-hybridized carbons (Fsp3) is 0. The summed E-state index contributed by atoms with van der Waals surface area (Å²) in [5.74, 6) is 0.671. The van der Waals surface area contributed by atoms with E-state index in [1.54, 1.807) is 0 Å². The monoisotopic (exact) mass is 634 g/mol. The predicted octanol–water partition coefficient (Wildman–Crippen LogP) is 11.9. The molecule has 50 heavy (non-hydrogen) atoms. The number of hydrogen-bond acceptors (Lipinski definition) is 2. The molecule has 4 heteroatoms.